The molecule has 2 aromatic rings. The maximum atomic E-state index is 11.7. The summed E-state index contributed by atoms with van der Waals surface area (Å²) in [7, 11) is 1.37. The third-order valence-corrected chi connectivity index (χ3v) is 4.96. The average molecular weight is 339 g/mol. The molecule has 0 saturated carbocycles. The Morgan fingerprint density at radius 3 is 2.52 bits per heavy atom. The molecule has 2 aromatic carbocycles. The lowest BCUT2D eigenvalue weighted by Crippen LogP contribution is -2.14. The third-order valence-electron chi connectivity index (χ3n) is 4.96. The van der Waals surface area contributed by atoms with E-state index in [-0.39, 0.29) is 5.92 Å². The van der Waals surface area contributed by atoms with Crippen LogP contribution in [-0.4, -0.2) is 19.8 Å². The molecule has 1 aliphatic rings. The van der Waals surface area contributed by atoms with Crippen LogP contribution in [0.3, 0.4) is 0 Å². The number of carbonyl (C=O) groups excluding carboxylic acids is 1. The molecule has 25 heavy (non-hydrogen) atoms. The molecule has 1 aliphatic heterocycles. The van der Waals surface area contributed by atoms with Crippen molar-refractivity contribution in [2.45, 2.75) is 39.5 Å². The highest BCUT2D eigenvalue weighted by molar-refractivity contribution is 5.87. The van der Waals surface area contributed by atoms with Crippen LogP contribution in [0.1, 0.15) is 53.5 Å². The van der Waals surface area contributed by atoms with Gasteiger partial charge < -0.3 is 9.47 Å². The first-order chi connectivity index (χ1) is 11.9. The molecule has 1 amide bonds. The number of nitrogens with one attached hydrogen (secondary N) is 1. The van der Waals surface area contributed by atoms with Crippen LogP contribution in [0.4, 0.5) is 10.5 Å². The number of methoxy groups -OCH3 is 1. The minimum absolute atomic E-state index is 0.176. The Morgan fingerprint density at radius 2 is 1.92 bits per heavy atom. The largest absolute Gasteiger partial charge is 0.492 e. The highest BCUT2D eigenvalue weighted by atomic mass is 16.5. The van der Waals surface area contributed by atoms with E-state index in [4.69, 9.17) is 9.47 Å². The Hall–Kier alpha value is -2.49. The maximum absolute atomic E-state index is 11.7. The van der Waals surface area contributed by atoms with Gasteiger partial charge in [-0.3, -0.25) is 5.32 Å². The van der Waals surface area contributed by atoms with Crippen molar-refractivity contribution in [2.24, 2.45) is 0 Å². The lowest BCUT2D eigenvalue weighted by atomic mass is 9.87. The van der Waals surface area contributed by atoms with E-state index in [0.717, 1.165) is 28.1 Å². The number of hydrogen-bond donors (Lipinski definition) is 1. The van der Waals surface area contributed by atoms with Gasteiger partial charge in [-0.25, -0.2) is 4.79 Å². The summed E-state index contributed by atoms with van der Waals surface area (Å²) < 4.78 is 10.7. The molecule has 0 aromatic heterocycles. The Kier molecular flexibility index (Phi) is 4.71. The van der Waals surface area contributed by atoms with Crippen LogP contribution in [0.25, 0.3) is 0 Å². The van der Waals surface area contributed by atoms with Gasteiger partial charge in [-0.1, -0.05) is 38.1 Å². The maximum Gasteiger partial charge on any atom is 0.411 e. The first-order valence-corrected chi connectivity index (χ1v) is 8.64. The van der Waals surface area contributed by atoms with E-state index in [9.17, 15) is 4.79 Å². The standard InChI is InChI=1S/C21H25NO3/c1-12(2)15-6-8-16(9-7-15)17-11-25-18-10-13(3)20(14(4)19(17)18)22-21(23)24-5/h6-10,12,17H,11H2,1-5H3,(H,22,23)/t17-/m0/s1. The number of ether oxygens (including phenoxy) is 2. The van der Waals surface area contributed by atoms with Crippen molar-refractivity contribution in [1.82, 2.24) is 0 Å². The van der Waals surface area contributed by atoms with Gasteiger partial charge in [-0.2, -0.15) is 0 Å². The second-order valence-electron chi connectivity index (χ2n) is 6.91. The summed E-state index contributed by atoms with van der Waals surface area (Å²) in [5.74, 6) is 1.60. The van der Waals surface area contributed by atoms with Crippen LogP contribution >= 0.6 is 0 Å². The van der Waals surface area contributed by atoms with Crippen molar-refractivity contribution in [3.63, 3.8) is 0 Å². The number of amides is 1. The zero-order valence-electron chi connectivity index (χ0n) is 15.5. The number of anilines is 1. The second-order valence-corrected chi connectivity index (χ2v) is 6.91. The lowest BCUT2D eigenvalue weighted by Gasteiger charge is -2.18. The molecule has 0 unspecified atom stereocenters. The molecule has 0 saturated heterocycles. The minimum atomic E-state index is -0.456. The summed E-state index contributed by atoms with van der Waals surface area (Å²) in [6.45, 7) is 9.01. The van der Waals surface area contributed by atoms with Crippen LogP contribution in [0.15, 0.2) is 30.3 Å². The van der Waals surface area contributed by atoms with Crippen LogP contribution < -0.4 is 10.1 Å². The van der Waals surface area contributed by atoms with Gasteiger partial charge in [0.1, 0.15) is 5.75 Å². The fraction of sp³-hybridized carbons (Fsp3) is 0.381. The molecule has 3 rings (SSSR count). The van der Waals surface area contributed by atoms with E-state index in [1.54, 1.807) is 0 Å². The van der Waals surface area contributed by atoms with Crippen molar-refractivity contribution >= 4 is 11.8 Å². The fourth-order valence-corrected chi connectivity index (χ4v) is 3.49. The van der Waals surface area contributed by atoms with Crippen molar-refractivity contribution in [1.29, 1.82) is 0 Å². The summed E-state index contributed by atoms with van der Waals surface area (Å²) in [5.41, 5.74) is 6.53. The highest BCUT2D eigenvalue weighted by Gasteiger charge is 2.30. The van der Waals surface area contributed by atoms with Crippen LogP contribution in [0.5, 0.6) is 5.75 Å². The van der Waals surface area contributed by atoms with Gasteiger partial charge in [0.15, 0.2) is 0 Å². The van der Waals surface area contributed by atoms with Gasteiger partial charge in [-0.05, 0) is 48.1 Å². The van der Waals surface area contributed by atoms with Crippen LogP contribution in [0.2, 0.25) is 0 Å². The number of fused-ring (bicyclic) bond motifs is 1. The highest BCUT2D eigenvalue weighted by Crippen LogP contribution is 2.44. The molecule has 132 valence electrons. The molecule has 0 radical (unpaired) electrons. The van der Waals surface area contributed by atoms with E-state index in [1.807, 2.05) is 19.9 Å². The van der Waals surface area contributed by atoms with Gasteiger partial charge in [0.2, 0.25) is 0 Å². The first kappa shape index (κ1) is 17.3. The van der Waals surface area contributed by atoms with Gasteiger partial charge in [0.25, 0.3) is 0 Å². The SMILES string of the molecule is COC(=O)Nc1c(C)cc2c(c1C)[C@H](c1ccc(C(C)C)cc1)CO2. The second kappa shape index (κ2) is 6.79. The van der Waals surface area contributed by atoms with Gasteiger partial charge >= 0.3 is 6.09 Å². The summed E-state index contributed by atoms with van der Waals surface area (Å²) in [6, 6.07) is 10.7. The smallest absolute Gasteiger partial charge is 0.411 e. The number of carbonyl (C=O) groups is 1. The number of aryl methyl sites for hydroxylation is 1. The Bertz CT molecular complexity index is 794. The van der Waals surface area contributed by atoms with E-state index in [2.05, 4.69) is 43.4 Å². The zero-order chi connectivity index (χ0) is 18.1. The normalized spacial score (nSPS) is 15.7. The third kappa shape index (κ3) is 3.21. The molecule has 1 atom stereocenters. The van der Waals surface area contributed by atoms with Gasteiger partial charge in [0, 0.05) is 11.5 Å². The lowest BCUT2D eigenvalue weighted by molar-refractivity contribution is 0.187. The van der Waals surface area contributed by atoms with Crippen LogP contribution in [-0.2, 0) is 4.74 Å². The molecule has 1 heterocycles. The molecular weight excluding hydrogens is 314 g/mol. The molecule has 0 spiro atoms. The van der Waals surface area contributed by atoms with E-state index in [0.29, 0.717) is 12.5 Å². The predicted molar refractivity (Wildman–Crippen MR) is 99.8 cm³/mol. The fourth-order valence-electron chi connectivity index (χ4n) is 3.49. The quantitative estimate of drug-likeness (QED) is 0.843. The summed E-state index contributed by atoms with van der Waals surface area (Å²) in [6.07, 6.45) is -0.456. The minimum Gasteiger partial charge on any atom is -0.492 e. The summed E-state index contributed by atoms with van der Waals surface area (Å²) in [5, 5.41) is 2.84. The average Bonchev–Trinajstić information content (AvgIpc) is 3.02. The molecule has 4 nitrogen and oxygen atoms in total. The van der Waals surface area contributed by atoms with E-state index < -0.39 is 6.09 Å². The number of rotatable bonds is 3. The Balaban J connectivity index is 2.01. The number of benzene rings is 2. The van der Waals surface area contributed by atoms with Crippen molar-refractivity contribution in [3.8, 4) is 5.75 Å². The molecule has 0 aliphatic carbocycles. The zero-order valence-corrected chi connectivity index (χ0v) is 15.5. The molecule has 0 fully saturated rings. The van der Waals surface area contributed by atoms with Crippen LogP contribution in [0, 0.1) is 13.8 Å². The predicted octanol–water partition coefficient (Wildman–Crippen LogP) is 5.13. The number of hydrogen-bond acceptors (Lipinski definition) is 3. The van der Waals surface area contributed by atoms with E-state index >= 15 is 0 Å². The first-order valence-electron chi connectivity index (χ1n) is 8.64. The topological polar surface area (TPSA) is 47.6 Å². The van der Waals surface area contributed by atoms with Crippen molar-refractivity contribution < 1.29 is 14.3 Å². The Labute approximate surface area is 149 Å². The van der Waals surface area contributed by atoms with Gasteiger partial charge in [0.05, 0.1) is 19.4 Å². The van der Waals surface area contributed by atoms with Crippen molar-refractivity contribution in [3.05, 3.63) is 58.1 Å². The summed E-state index contributed by atoms with van der Waals surface area (Å²) >= 11 is 0. The Morgan fingerprint density at radius 1 is 1.24 bits per heavy atom. The van der Waals surface area contributed by atoms with Crippen molar-refractivity contribution in [2.75, 3.05) is 19.0 Å². The summed E-state index contributed by atoms with van der Waals surface area (Å²) in [4.78, 5) is 11.7. The molecule has 4 heteroatoms. The van der Waals surface area contributed by atoms with Gasteiger partial charge in [-0.15, -0.1) is 0 Å². The monoisotopic (exact) mass is 339 g/mol. The van der Waals surface area contributed by atoms with E-state index in [1.165, 1.54) is 18.2 Å². The molecule has 0 bridgehead atoms. The molecular formula is C21H25NO3. The molecule has 1 N–H and O–H groups in total.